The van der Waals surface area contributed by atoms with E-state index in [9.17, 15) is 4.79 Å². The first-order chi connectivity index (χ1) is 8.74. The zero-order valence-corrected chi connectivity index (χ0v) is 11.5. The van der Waals surface area contributed by atoms with E-state index in [1.807, 2.05) is 0 Å². The van der Waals surface area contributed by atoms with Crippen molar-refractivity contribution in [2.45, 2.75) is 39.0 Å². The fourth-order valence-electron chi connectivity index (χ4n) is 1.78. The lowest BCUT2D eigenvalue weighted by Crippen LogP contribution is -2.25. The molecule has 0 aromatic heterocycles. The van der Waals surface area contributed by atoms with Gasteiger partial charge in [-0.05, 0) is 31.7 Å². The molecule has 5 nitrogen and oxygen atoms in total. The van der Waals surface area contributed by atoms with E-state index in [0.717, 1.165) is 25.7 Å². The first-order valence-corrected chi connectivity index (χ1v) is 6.89. The van der Waals surface area contributed by atoms with Crippen molar-refractivity contribution in [1.82, 2.24) is 5.32 Å². The summed E-state index contributed by atoms with van der Waals surface area (Å²) in [6, 6.07) is 0. The molecule has 0 radical (unpaired) electrons. The number of rotatable bonds is 12. The predicted octanol–water partition coefficient (Wildman–Crippen LogP) is 0.657. The Kier molecular flexibility index (Phi) is 12.3. The van der Waals surface area contributed by atoms with Gasteiger partial charge in [-0.1, -0.05) is 13.3 Å². The Labute approximate surface area is 110 Å². The number of hydrogen-bond donors (Lipinski definition) is 3. The minimum absolute atomic E-state index is 0.0475. The molecule has 18 heavy (non-hydrogen) atoms. The standard InChI is InChI=1S/C13H28N2O3/c1-2-12(6-7-14)4-5-13(17)15-8-3-10-18-11-9-16/h12,16H,2-11,14H2,1H3,(H,15,17). The number of hydrogen-bond acceptors (Lipinski definition) is 4. The summed E-state index contributed by atoms with van der Waals surface area (Å²) in [5.41, 5.74) is 5.52. The number of nitrogens with two attached hydrogens (primary N) is 1. The largest absolute Gasteiger partial charge is 0.394 e. The molecule has 0 aromatic carbocycles. The van der Waals surface area contributed by atoms with E-state index >= 15 is 0 Å². The SMILES string of the molecule is CCC(CCN)CCC(=O)NCCCOCCO. The summed E-state index contributed by atoms with van der Waals surface area (Å²) in [5, 5.41) is 11.4. The number of ether oxygens (including phenoxy) is 1. The second-order valence-corrected chi connectivity index (χ2v) is 4.43. The number of aliphatic hydroxyl groups is 1. The van der Waals surface area contributed by atoms with Gasteiger partial charge >= 0.3 is 0 Å². The number of carbonyl (C=O) groups is 1. The topological polar surface area (TPSA) is 84.6 Å². The number of amides is 1. The average molecular weight is 260 g/mol. The molecule has 4 N–H and O–H groups in total. The normalized spacial score (nSPS) is 12.4. The Bertz CT molecular complexity index is 201. The number of nitrogens with one attached hydrogen (secondary N) is 1. The second kappa shape index (κ2) is 12.8. The molecule has 0 heterocycles. The van der Waals surface area contributed by atoms with Crippen molar-refractivity contribution >= 4 is 5.91 Å². The van der Waals surface area contributed by atoms with Crippen LogP contribution in [0.3, 0.4) is 0 Å². The zero-order chi connectivity index (χ0) is 13.6. The van der Waals surface area contributed by atoms with E-state index in [-0.39, 0.29) is 12.5 Å². The van der Waals surface area contributed by atoms with Crippen LogP contribution in [0.15, 0.2) is 0 Å². The maximum Gasteiger partial charge on any atom is 0.220 e. The van der Waals surface area contributed by atoms with Gasteiger partial charge in [0.2, 0.25) is 5.91 Å². The van der Waals surface area contributed by atoms with E-state index in [0.29, 0.717) is 38.6 Å². The Balaban J connectivity index is 3.41. The molecule has 1 amide bonds. The Hall–Kier alpha value is -0.650. The third kappa shape index (κ3) is 10.5. The fraction of sp³-hybridized carbons (Fsp3) is 0.923. The predicted molar refractivity (Wildman–Crippen MR) is 72.2 cm³/mol. The molecule has 5 heteroatoms. The highest BCUT2D eigenvalue weighted by atomic mass is 16.5. The van der Waals surface area contributed by atoms with E-state index in [1.165, 1.54) is 0 Å². The van der Waals surface area contributed by atoms with Crippen molar-refractivity contribution in [3.8, 4) is 0 Å². The van der Waals surface area contributed by atoms with Crippen molar-refractivity contribution in [3.05, 3.63) is 0 Å². The van der Waals surface area contributed by atoms with Gasteiger partial charge in [0.1, 0.15) is 0 Å². The highest BCUT2D eigenvalue weighted by Crippen LogP contribution is 2.14. The smallest absolute Gasteiger partial charge is 0.220 e. The molecular formula is C13H28N2O3. The lowest BCUT2D eigenvalue weighted by Gasteiger charge is -2.13. The third-order valence-electron chi connectivity index (χ3n) is 2.96. The van der Waals surface area contributed by atoms with Crippen LogP contribution in [0.1, 0.15) is 39.0 Å². The summed E-state index contributed by atoms with van der Waals surface area (Å²) < 4.78 is 5.10. The third-order valence-corrected chi connectivity index (χ3v) is 2.96. The molecule has 0 spiro atoms. The molecule has 1 atom stereocenters. The molecule has 0 aliphatic heterocycles. The van der Waals surface area contributed by atoms with E-state index in [1.54, 1.807) is 0 Å². The summed E-state index contributed by atoms with van der Waals surface area (Å²) >= 11 is 0. The van der Waals surface area contributed by atoms with Crippen LogP contribution in [0.2, 0.25) is 0 Å². The molecular weight excluding hydrogens is 232 g/mol. The van der Waals surface area contributed by atoms with Crippen molar-refractivity contribution in [2.75, 3.05) is 32.9 Å². The van der Waals surface area contributed by atoms with Gasteiger partial charge in [-0.2, -0.15) is 0 Å². The molecule has 0 aliphatic carbocycles. The minimum Gasteiger partial charge on any atom is -0.394 e. The van der Waals surface area contributed by atoms with Crippen molar-refractivity contribution in [2.24, 2.45) is 11.7 Å². The monoisotopic (exact) mass is 260 g/mol. The lowest BCUT2D eigenvalue weighted by atomic mass is 9.96. The zero-order valence-electron chi connectivity index (χ0n) is 11.5. The van der Waals surface area contributed by atoms with Gasteiger partial charge in [0.05, 0.1) is 13.2 Å². The highest BCUT2D eigenvalue weighted by Gasteiger charge is 2.08. The van der Waals surface area contributed by atoms with Crippen LogP contribution < -0.4 is 11.1 Å². The van der Waals surface area contributed by atoms with Crippen LogP contribution in [0.4, 0.5) is 0 Å². The summed E-state index contributed by atoms with van der Waals surface area (Å²) in [6.45, 7) is 4.46. The highest BCUT2D eigenvalue weighted by molar-refractivity contribution is 5.75. The van der Waals surface area contributed by atoms with E-state index < -0.39 is 0 Å². The van der Waals surface area contributed by atoms with Crippen molar-refractivity contribution in [1.29, 1.82) is 0 Å². The van der Waals surface area contributed by atoms with Gasteiger partial charge in [0.15, 0.2) is 0 Å². The van der Waals surface area contributed by atoms with Gasteiger partial charge in [-0.3, -0.25) is 4.79 Å². The van der Waals surface area contributed by atoms with Gasteiger partial charge in [-0.25, -0.2) is 0 Å². The van der Waals surface area contributed by atoms with Gasteiger partial charge < -0.3 is 20.9 Å². The quantitative estimate of drug-likeness (QED) is 0.450. The summed E-state index contributed by atoms with van der Waals surface area (Å²) in [5.74, 6) is 0.668. The first-order valence-electron chi connectivity index (χ1n) is 6.89. The molecule has 108 valence electrons. The maximum absolute atomic E-state index is 11.5. The van der Waals surface area contributed by atoms with Crippen LogP contribution in [0.25, 0.3) is 0 Å². The fourth-order valence-corrected chi connectivity index (χ4v) is 1.78. The minimum atomic E-state index is 0.0475. The average Bonchev–Trinajstić information content (AvgIpc) is 2.38. The molecule has 1 unspecified atom stereocenters. The summed E-state index contributed by atoms with van der Waals surface area (Å²) in [6.07, 6.45) is 4.36. The van der Waals surface area contributed by atoms with E-state index in [2.05, 4.69) is 12.2 Å². The van der Waals surface area contributed by atoms with Gasteiger partial charge in [-0.15, -0.1) is 0 Å². The van der Waals surface area contributed by atoms with Crippen LogP contribution in [0, 0.1) is 5.92 Å². The van der Waals surface area contributed by atoms with Crippen LogP contribution >= 0.6 is 0 Å². The summed E-state index contributed by atoms with van der Waals surface area (Å²) in [7, 11) is 0. The molecule has 0 saturated carbocycles. The Morgan fingerprint density at radius 1 is 1.39 bits per heavy atom. The van der Waals surface area contributed by atoms with Gasteiger partial charge in [0.25, 0.3) is 0 Å². The molecule has 0 rings (SSSR count). The summed E-state index contributed by atoms with van der Waals surface area (Å²) in [4.78, 5) is 11.5. The molecule has 0 aromatic rings. The molecule has 0 saturated heterocycles. The number of carbonyl (C=O) groups excluding carboxylic acids is 1. The van der Waals surface area contributed by atoms with Gasteiger partial charge in [0, 0.05) is 19.6 Å². The Morgan fingerprint density at radius 2 is 2.17 bits per heavy atom. The van der Waals surface area contributed by atoms with Crippen molar-refractivity contribution in [3.63, 3.8) is 0 Å². The Morgan fingerprint density at radius 3 is 2.78 bits per heavy atom. The van der Waals surface area contributed by atoms with Crippen LogP contribution in [-0.4, -0.2) is 43.9 Å². The first kappa shape index (κ1) is 17.4. The second-order valence-electron chi connectivity index (χ2n) is 4.43. The maximum atomic E-state index is 11.5. The van der Waals surface area contributed by atoms with Crippen LogP contribution in [-0.2, 0) is 9.53 Å². The molecule has 0 bridgehead atoms. The molecule has 0 aliphatic rings. The molecule has 0 fully saturated rings. The van der Waals surface area contributed by atoms with Crippen molar-refractivity contribution < 1.29 is 14.6 Å². The van der Waals surface area contributed by atoms with E-state index in [4.69, 9.17) is 15.6 Å². The lowest BCUT2D eigenvalue weighted by molar-refractivity contribution is -0.121. The van der Waals surface area contributed by atoms with Crippen LogP contribution in [0.5, 0.6) is 0 Å². The number of aliphatic hydroxyl groups excluding tert-OH is 1.